The molecule has 1 atom stereocenters. The lowest BCUT2D eigenvalue weighted by Crippen LogP contribution is -2.51. The van der Waals surface area contributed by atoms with E-state index in [1.54, 1.807) is 0 Å². The highest BCUT2D eigenvalue weighted by Gasteiger charge is 2.52. The van der Waals surface area contributed by atoms with E-state index >= 15 is 0 Å². The number of nitriles is 1. The van der Waals surface area contributed by atoms with Gasteiger partial charge >= 0.3 is 7.05 Å². The van der Waals surface area contributed by atoms with Gasteiger partial charge in [0.05, 0.1) is 11.7 Å². The first-order valence-corrected chi connectivity index (χ1v) is 7.86. The third-order valence-electron chi connectivity index (χ3n) is 4.67. The van der Waals surface area contributed by atoms with Crippen LogP contribution in [0.1, 0.15) is 60.8 Å². The first-order valence-electron chi connectivity index (χ1n) is 7.86. The summed E-state index contributed by atoms with van der Waals surface area (Å²) < 4.78 is 6.48. The van der Waals surface area contributed by atoms with E-state index < -0.39 is 0 Å². The molecule has 0 N–H and O–H groups in total. The molecule has 0 aromatic heterocycles. The summed E-state index contributed by atoms with van der Waals surface area (Å²) in [6.07, 6.45) is 2.88. The number of hydrogen-bond acceptors (Lipinski definition) is 3. The number of allylic oxidation sites excluding steroid dienone is 1. The van der Waals surface area contributed by atoms with Crippen LogP contribution >= 0.6 is 0 Å². The number of hydrogen-bond donors (Lipinski definition) is 0. The van der Waals surface area contributed by atoms with Gasteiger partial charge in [-0.25, -0.2) is 0 Å². The van der Waals surface area contributed by atoms with Crippen molar-refractivity contribution < 1.29 is 4.65 Å². The molecule has 0 amide bonds. The Bertz CT molecular complexity index is 374. The SMILES string of the molecule is C=C(C#N)C1CC(CC)(CC)OB1N(C(C)C)C(C)C. The molecule has 1 unspecified atom stereocenters. The van der Waals surface area contributed by atoms with Crippen molar-refractivity contribution in [3.8, 4) is 6.07 Å². The highest BCUT2D eigenvalue weighted by atomic mass is 16.5. The number of nitrogens with zero attached hydrogens (tertiary/aromatic N) is 2. The molecule has 1 fully saturated rings. The lowest BCUT2D eigenvalue weighted by molar-refractivity contribution is 0.0628. The molecular formula is C16H29BN2O. The largest absolute Gasteiger partial charge is 0.415 e. The molecule has 0 bridgehead atoms. The molecule has 0 spiro atoms. The van der Waals surface area contributed by atoms with Crippen LogP contribution in [0.2, 0.25) is 5.82 Å². The fourth-order valence-corrected chi connectivity index (χ4v) is 3.42. The van der Waals surface area contributed by atoms with Crippen LogP contribution < -0.4 is 0 Å². The molecule has 1 rings (SSSR count). The van der Waals surface area contributed by atoms with Crippen LogP contribution in [-0.4, -0.2) is 29.5 Å². The Kier molecular flexibility index (Phi) is 5.85. The highest BCUT2D eigenvalue weighted by Crippen LogP contribution is 2.46. The molecule has 1 saturated heterocycles. The van der Waals surface area contributed by atoms with Crippen LogP contribution in [-0.2, 0) is 4.65 Å². The minimum atomic E-state index is -0.100. The predicted molar refractivity (Wildman–Crippen MR) is 85.4 cm³/mol. The van der Waals surface area contributed by atoms with Crippen molar-refractivity contribution in [3.63, 3.8) is 0 Å². The lowest BCUT2D eigenvalue weighted by atomic mass is 9.61. The third-order valence-corrected chi connectivity index (χ3v) is 4.67. The van der Waals surface area contributed by atoms with E-state index in [4.69, 9.17) is 4.65 Å². The second-order valence-electron chi connectivity index (χ2n) is 6.48. The van der Waals surface area contributed by atoms with Gasteiger partial charge in [0.1, 0.15) is 0 Å². The molecule has 1 aliphatic rings. The summed E-state index contributed by atoms with van der Waals surface area (Å²) in [4.78, 5) is 2.38. The van der Waals surface area contributed by atoms with Crippen LogP contribution in [0.5, 0.6) is 0 Å². The predicted octanol–water partition coefficient (Wildman–Crippen LogP) is 4.02. The minimum Gasteiger partial charge on any atom is -0.415 e. The molecule has 4 heteroatoms. The first-order chi connectivity index (χ1) is 9.31. The molecule has 112 valence electrons. The van der Waals surface area contributed by atoms with E-state index in [1.165, 1.54) is 0 Å². The molecule has 1 heterocycles. The van der Waals surface area contributed by atoms with Crippen LogP contribution in [0.15, 0.2) is 12.2 Å². The van der Waals surface area contributed by atoms with E-state index in [9.17, 15) is 5.26 Å². The van der Waals surface area contributed by atoms with E-state index in [0.29, 0.717) is 17.7 Å². The highest BCUT2D eigenvalue weighted by molar-refractivity contribution is 6.53. The zero-order valence-corrected chi connectivity index (χ0v) is 13.9. The van der Waals surface area contributed by atoms with Gasteiger partial charge in [-0.3, -0.25) is 0 Å². The van der Waals surface area contributed by atoms with Gasteiger partial charge in [0.25, 0.3) is 0 Å². The van der Waals surface area contributed by atoms with E-state index in [0.717, 1.165) is 19.3 Å². The van der Waals surface area contributed by atoms with Gasteiger partial charge in [-0.15, -0.1) is 0 Å². The fourth-order valence-electron chi connectivity index (χ4n) is 3.42. The summed E-state index contributed by atoms with van der Waals surface area (Å²) in [6, 6.07) is 3.03. The standard InChI is InChI=1S/C16H29BN2O/c1-8-16(9-2)10-15(14(7)11-18)17(20-16)19(12(3)4)13(5)6/h12-13,15H,7-10H2,1-6H3. The molecule has 3 nitrogen and oxygen atoms in total. The van der Waals surface area contributed by atoms with Crippen molar-refractivity contribution in [3.05, 3.63) is 12.2 Å². The summed E-state index contributed by atoms with van der Waals surface area (Å²) in [5.74, 6) is 0.115. The van der Waals surface area contributed by atoms with E-state index in [1.807, 2.05) is 0 Å². The van der Waals surface area contributed by atoms with Crippen LogP contribution in [0.25, 0.3) is 0 Å². The first kappa shape index (κ1) is 17.3. The normalized spacial score (nSPS) is 21.8. The molecule has 1 aliphatic heterocycles. The maximum absolute atomic E-state index is 9.26. The van der Waals surface area contributed by atoms with Crippen molar-refractivity contribution in [2.24, 2.45) is 0 Å². The molecule has 0 aromatic carbocycles. The van der Waals surface area contributed by atoms with Gasteiger partial charge in [0, 0.05) is 11.4 Å². The Morgan fingerprint density at radius 3 is 2.20 bits per heavy atom. The zero-order chi connectivity index (χ0) is 15.5. The monoisotopic (exact) mass is 276 g/mol. The van der Waals surface area contributed by atoms with Crippen molar-refractivity contribution >= 4 is 7.05 Å². The van der Waals surface area contributed by atoms with Gasteiger partial charge in [-0.2, -0.15) is 5.26 Å². The number of rotatable bonds is 6. The summed E-state index contributed by atoms with van der Waals surface area (Å²) in [5, 5.41) is 9.26. The maximum atomic E-state index is 9.26. The van der Waals surface area contributed by atoms with E-state index in [-0.39, 0.29) is 18.5 Å². The fraction of sp³-hybridized carbons (Fsp3) is 0.812. The summed E-state index contributed by atoms with van der Waals surface area (Å²) >= 11 is 0. The topological polar surface area (TPSA) is 36.3 Å². The second kappa shape index (κ2) is 6.78. The average Bonchev–Trinajstić information content (AvgIpc) is 2.77. The van der Waals surface area contributed by atoms with Gasteiger partial charge < -0.3 is 9.47 Å². The lowest BCUT2D eigenvalue weighted by Gasteiger charge is -2.37. The molecule has 0 saturated carbocycles. The zero-order valence-electron chi connectivity index (χ0n) is 13.9. The van der Waals surface area contributed by atoms with Crippen LogP contribution in [0.4, 0.5) is 0 Å². The van der Waals surface area contributed by atoms with Gasteiger partial charge in [0.15, 0.2) is 0 Å². The average molecular weight is 276 g/mol. The Hall–Kier alpha value is -0.785. The molecule has 0 aliphatic carbocycles. The minimum absolute atomic E-state index is 0.0259. The Balaban J connectivity index is 3.12. The Morgan fingerprint density at radius 2 is 1.85 bits per heavy atom. The van der Waals surface area contributed by atoms with Crippen molar-refractivity contribution in [2.45, 2.75) is 84.3 Å². The van der Waals surface area contributed by atoms with Crippen molar-refractivity contribution in [2.75, 3.05) is 0 Å². The molecular weight excluding hydrogens is 247 g/mol. The summed E-state index contributed by atoms with van der Waals surface area (Å²) in [6.45, 7) is 17.1. The molecule has 0 radical (unpaired) electrons. The van der Waals surface area contributed by atoms with Crippen molar-refractivity contribution in [1.29, 1.82) is 5.26 Å². The molecule has 0 aromatic rings. The Labute approximate surface area is 125 Å². The Morgan fingerprint density at radius 1 is 1.35 bits per heavy atom. The van der Waals surface area contributed by atoms with E-state index in [2.05, 4.69) is 59.0 Å². The maximum Gasteiger partial charge on any atom is 0.392 e. The van der Waals surface area contributed by atoms with Crippen molar-refractivity contribution in [1.82, 2.24) is 4.81 Å². The van der Waals surface area contributed by atoms with Gasteiger partial charge in [-0.05, 0) is 31.3 Å². The third kappa shape index (κ3) is 3.27. The van der Waals surface area contributed by atoms with Crippen LogP contribution in [0.3, 0.4) is 0 Å². The smallest absolute Gasteiger partial charge is 0.392 e. The van der Waals surface area contributed by atoms with Gasteiger partial charge in [-0.1, -0.05) is 48.1 Å². The quantitative estimate of drug-likeness (QED) is 0.543. The van der Waals surface area contributed by atoms with Gasteiger partial charge in [0.2, 0.25) is 0 Å². The second-order valence-corrected chi connectivity index (χ2v) is 6.48. The summed E-state index contributed by atoms with van der Waals surface area (Å²) in [5.41, 5.74) is 0.557. The molecule has 20 heavy (non-hydrogen) atoms. The summed E-state index contributed by atoms with van der Waals surface area (Å²) in [7, 11) is -0.0259. The van der Waals surface area contributed by atoms with Crippen LogP contribution in [0, 0.1) is 11.3 Å².